The van der Waals surface area contributed by atoms with E-state index >= 15 is 0 Å². The normalized spacial score (nSPS) is 11.0. The molecule has 0 aromatic heterocycles. The van der Waals surface area contributed by atoms with Crippen molar-refractivity contribution in [3.63, 3.8) is 0 Å². The Morgan fingerprint density at radius 1 is 1.26 bits per heavy atom. The number of rotatable bonds is 5. The van der Waals surface area contributed by atoms with Crippen LogP contribution in [0, 0.1) is 17.1 Å². The zero-order valence-corrected chi connectivity index (χ0v) is 14.4. The van der Waals surface area contributed by atoms with Crippen LogP contribution < -0.4 is 9.47 Å². The van der Waals surface area contributed by atoms with E-state index in [-0.39, 0.29) is 5.82 Å². The fourth-order valence-corrected chi connectivity index (χ4v) is 2.49. The van der Waals surface area contributed by atoms with Gasteiger partial charge in [0.05, 0.1) is 25.4 Å². The number of hydrogen-bond donors (Lipinski definition) is 0. The Bertz CT molecular complexity index is 764. The smallest absolute Gasteiger partial charge is 0.162 e. The van der Waals surface area contributed by atoms with Crippen molar-refractivity contribution in [3.8, 4) is 17.6 Å². The minimum atomic E-state index is -0.338. The lowest BCUT2D eigenvalue weighted by molar-refractivity contribution is 0.310. The maximum Gasteiger partial charge on any atom is 0.162 e. The van der Waals surface area contributed by atoms with Gasteiger partial charge in [0.1, 0.15) is 5.82 Å². The van der Waals surface area contributed by atoms with E-state index in [0.29, 0.717) is 29.2 Å². The summed E-state index contributed by atoms with van der Waals surface area (Å²) in [4.78, 5) is 0. The van der Waals surface area contributed by atoms with E-state index in [4.69, 9.17) is 9.47 Å². The molecule has 0 fully saturated rings. The Balaban J connectivity index is 2.47. The number of methoxy groups -OCH3 is 1. The summed E-state index contributed by atoms with van der Waals surface area (Å²) in [6.07, 6.45) is 1.72. The number of halogens is 2. The number of benzene rings is 2. The molecular weight excluding hydrogens is 361 g/mol. The first kappa shape index (κ1) is 17.0. The molecule has 0 aliphatic heterocycles. The van der Waals surface area contributed by atoms with Crippen LogP contribution >= 0.6 is 15.9 Å². The third-order valence-electron chi connectivity index (χ3n) is 3.16. The molecule has 0 aliphatic carbocycles. The van der Waals surface area contributed by atoms with Gasteiger partial charge >= 0.3 is 0 Å². The van der Waals surface area contributed by atoms with E-state index in [0.717, 1.165) is 10.0 Å². The second kappa shape index (κ2) is 7.80. The third-order valence-corrected chi connectivity index (χ3v) is 3.85. The van der Waals surface area contributed by atoms with Crippen LogP contribution in [0.2, 0.25) is 0 Å². The Hall–Kier alpha value is -2.32. The molecule has 2 rings (SSSR count). The zero-order chi connectivity index (χ0) is 16.8. The molecule has 3 nitrogen and oxygen atoms in total. The molecular formula is C18H15BrFNO2. The van der Waals surface area contributed by atoms with Crippen molar-refractivity contribution in [3.05, 3.63) is 57.8 Å². The van der Waals surface area contributed by atoms with E-state index < -0.39 is 0 Å². The number of hydrogen-bond acceptors (Lipinski definition) is 3. The Morgan fingerprint density at radius 3 is 2.52 bits per heavy atom. The summed E-state index contributed by atoms with van der Waals surface area (Å²) in [6, 6.07) is 11.5. The number of allylic oxidation sites excluding steroid dienone is 1. The molecule has 5 heteroatoms. The maximum absolute atomic E-state index is 13.0. The van der Waals surface area contributed by atoms with Crippen LogP contribution in [0.4, 0.5) is 4.39 Å². The standard InChI is InChI=1S/C18H15BrFNO2/c1-3-23-18-10-16(19)13(9-17(18)22-2)8-14(11-21)12-4-6-15(20)7-5-12/h4-10H,3H2,1-2H3/b14-8-. The van der Waals surface area contributed by atoms with Crippen LogP contribution in [-0.4, -0.2) is 13.7 Å². The molecule has 0 saturated heterocycles. The van der Waals surface area contributed by atoms with Crippen molar-refractivity contribution in [2.75, 3.05) is 13.7 Å². The lowest BCUT2D eigenvalue weighted by atomic mass is 10.0. The van der Waals surface area contributed by atoms with Gasteiger partial charge in [-0.1, -0.05) is 28.1 Å². The van der Waals surface area contributed by atoms with Gasteiger partial charge in [0.25, 0.3) is 0 Å². The van der Waals surface area contributed by atoms with Gasteiger partial charge in [0.15, 0.2) is 11.5 Å². The Labute approximate surface area is 143 Å². The second-order valence-electron chi connectivity index (χ2n) is 4.63. The SMILES string of the molecule is CCOc1cc(Br)c(/C=C(/C#N)c2ccc(F)cc2)cc1OC. The molecule has 23 heavy (non-hydrogen) atoms. The average molecular weight is 376 g/mol. The number of nitrogens with zero attached hydrogens (tertiary/aromatic N) is 1. The van der Waals surface area contributed by atoms with Gasteiger partial charge in [0, 0.05) is 4.47 Å². The number of nitriles is 1. The summed E-state index contributed by atoms with van der Waals surface area (Å²) in [5, 5.41) is 9.38. The van der Waals surface area contributed by atoms with E-state index in [1.807, 2.05) is 6.92 Å². The van der Waals surface area contributed by atoms with Crippen molar-refractivity contribution < 1.29 is 13.9 Å². The summed E-state index contributed by atoms with van der Waals surface area (Å²) in [6.45, 7) is 2.42. The summed E-state index contributed by atoms with van der Waals surface area (Å²) in [5.74, 6) is 0.868. The summed E-state index contributed by atoms with van der Waals surface area (Å²) in [5.41, 5.74) is 1.84. The molecule has 0 amide bonds. The molecule has 0 spiro atoms. The van der Waals surface area contributed by atoms with E-state index in [9.17, 15) is 9.65 Å². The molecule has 118 valence electrons. The van der Waals surface area contributed by atoms with Crippen molar-refractivity contribution in [1.29, 1.82) is 5.26 Å². The van der Waals surface area contributed by atoms with E-state index in [2.05, 4.69) is 22.0 Å². The van der Waals surface area contributed by atoms with Gasteiger partial charge in [-0.05, 0) is 48.4 Å². The van der Waals surface area contributed by atoms with Crippen LogP contribution in [0.25, 0.3) is 11.6 Å². The van der Waals surface area contributed by atoms with Crippen LogP contribution in [0.3, 0.4) is 0 Å². The van der Waals surface area contributed by atoms with Crippen LogP contribution in [0.1, 0.15) is 18.1 Å². The van der Waals surface area contributed by atoms with Gasteiger partial charge in [0.2, 0.25) is 0 Å². The monoisotopic (exact) mass is 375 g/mol. The van der Waals surface area contributed by atoms with Crippen LogP contribution in [0.5, 0.6) is 11.5 Å². The number of ether oxygens (including phenoxy) is 2. The highest BCUT2D eigenvalue weighted by molar-refractivity contribution is 9.10. The molecule has 2 aromatic carbocycles. The predicted octanol–water partition coefficient (Wildman–Crippen LogP) is 5.06. The van der Waals surface area contributed by atoms with E-state index in [1.54, 1.807) is 37.5 Å². The Kier molecular flexibility index (Phi) is 5.78. The van der Waals surface area contributed by atoms with Gasteiger partial charge in [-0.15, -0.1) is 0 Å². The highest BCUT2D eigenvalue weighted by Crippen LogP contribution is 2.35. The third kappa shape index (κ3) is 4.11. The van der Waals surface area contributed by atoms with Gasteiger partial charge in [-0.3, -0.25) is 0 Å². The van der Waals surface area contributed by atoms with Gasteiger partial charge < -0.3 is 9.47 Å². The van der Waals surface area contributed by atoms with Crippen LogP contribution in [-0.2, 0) is 0 Å². The molecule has 2 aromatic rings. The van der Waals surface area contributed by atoms with Crippen molar-refractivity contribution in [1.82, 2.24) is 0 Å². The predicted molar refractivity (Wildman–Crippen MR) is 91.7 cm³/mol. The second-order valence-corrected chi connectivity index (χ2v) is 5.49. The topological polar surface area (TPSA) is 42.2 Å². The average Bonchev–Trinajstić information content (AvgIpc) is 2.55. The lowest BCUT2D eigenvalue weighted by Gasteiger charge is -2.11. The fraction of sp³-hybridized carbons (Fsp3) is 0.167. The van der Waals surface area contributed by atoms with Crippen molar-refractivity contribution in [2.24, 2.45) is 0 Å². The summed E-state index contributed by atoms with van der Waals surface area (Å²) < 4.78 is 24.6. The first-order valence-electron chi connectivity index (χ1n) is 6.97. The molecule has 0 aliphatic rings. The molecule has 0 atom stereocenters. The van der Waals surface area contributed by atoms with Crippen molar-refractivity contribution in [2.45, 2.75) is 6.92 Å². The minimum Gasteiger partial charge on any atom is -0.493 e. The van der Waals surface area contributed by atoms with Gasteiger partial charge in [-0.2, -0.15) is 5.26 Å². The quantitative estimate of drug-likeness (QED) is 0.541. The molecule has 0 unspecified atom stereocenters. The minimum absolute atomic E-state index is 0.338. The maximum atomic E-state index is 13.0. The molecule has 0 saturated carbocycles. The van der Waals surface area contributed by atoms with Crippen LogP contribution in [0.15, 0.2) is 40.9 Å². The largest absolute Gasteiger partial charge is 0.493 e. The molecule has 0 N–H and O–H groups in total. The highest BCUT2D eigenvalue weighted by Gasteiger charge is 2.10. The first-order chi connectivity index (χ1) is 11.1. The first-order valence-corrected chi connectivity index (χ1v) is 7.76. The lowest BCUT2D eigenvalue weighted by Crippen LogP contribution is -1.96. The van der Waals surface area contributed by atoms with E-state index in [1.165, 1.54) is 12.1 Å². The zero-order valence-electron chi connectivity index (χ0n) is 12.8. The summed E-state index contributed by atoms with van der Waals surface area (Å²) in [7, 11) is 1.56. The Morgan fingerprint density at radius 2 is 1.96 bits per heavy atom. The molecule has 0 radical (unpaired) electrons. The molecule has 0 bridgehead atoms. The van der Waals surface area contributed by atoms with Crippen molar-refractivity contribution >= 4 is 27.6 Å². The van der Waals surface area contributed by atoms with Gasteiger partial charge in [-0.25, -0.2) is 4.39 Å². The molecule has 0 heterocycles. The highest BCUT2D eigenvalue weighted by atomic mass is 79.9. The summed E-state index contributed by atoms with van der Waals surface area (Å²) >= 11 is 3.47. The fourth-order valence-electron chi connectivity index (χ4n) is 2.05.